The molecule has 1 fully saturated rings. The van der Waals surface area contributed by atoms with Gasteiger partial charge in [0.15, 0.2) is 0 Å². The van der Waals surface area contributed by atoms with Gasteiger partial charge in [0.05, 0.1) is 11.0 Å². The van der Waals surface area contributed by atoms with E-state index in [2.05, 4.69) is 36.6 Å². The molecule has 24 heavy (non-hydrogen) atoms. The molecule has 1 aromatic heterocycles. The van der Waals surface area contributed by atoms with Crippen molar-refractivity contribution >= 4 is 16.9 Å². The zero-order valence-electron chi connectivity index (χ0n) is 14.9. The minimum absolute atomic E-state index is 0.0851. The Balaban J connectivity index is 1.89. The molecule has 1 amide bonds. The van der Waals surface area contributed by atoms with E-state index >= 15 is 0 Å². The number of rotatable bonds is 4. The summed E-state index contributed by atoms with van der Waals surface area (Å²) in [6, 6.07) is 8.56. The number of aromatic nitrogens is 2. The molecule has 2 heterocycles. The minimum atomic E-state index is -0.0851. The van der Waals surface area contributed by atoms with Crippen molar-refractivity contribution in [1.82, 2.24) is 14.5 Å². The molecule has 0 saturated carbocycles. The van der Waals surface area contributed by atoms with Crippen molar-refractivity contribution in [2.45, 2.75) is 58.0 Å². The van der Waals surface area contributed by atoms with Gasteiger partial charge < -0.3 is 15.2 Å². The van der Waals surface area contributed by atoms with Crippen molar-refractivity contribution in [2.75, 3.05) is 13.1 Å². The van der Waals surface area contributed by atoms with E-state index in [0.29, 0.717) is 18.4 Å². The van der Waals surface area contributed by atoms with Gasteiger partial charge in [-0.2, -0.15) is 0 Å². The highest BCUT2D eigenvalue weighted by molar-refractivity contribution is 5.77. The Kier molecular flexibility index (Phi) is 4.90. The predicted molar refractivity (Wildman–Crippen MR) is 96.9 cm³/mol. The normalized spacial score (nSPS) is 19.9. The zero-order valence-corrected chi connectivity index (χ0v) is 14.9. The highest BCUT2D eigenvalue weighted by Gasteiger charge is 2.29. The molecule has 5 heteroatoms. The molecule has 0 radical (unpaired) electrons. The van der Waals surface area contributed by atoms with E-state index < -0.39 is 0 Å². The quantitative estimate of drug-likeness (QED) is 0.938. The lowest BCUT2D eigenvalue weighted by atomic mass is 9.96. The summed E-state index contributed by atoms with van der Waals surface area (Å²) >= 11 is 0. The topological polar surface area (TPSA) is 64.2 Å². The molecule has 3 rings (SSSR count). The maximum Gasteiger partial charge on any atom is 0.224 e. The number of likely N-dealkylation sites (tertiary alicyclic amines) is 1. The highest BCUT2D eigenvalue weighted by Crippen LogP contribution is 2.31. The van der Waals surface area contributed by atoms with Gasteiger partial charge in [0.2, 0.25) is 5.91 Å². The third-order valence-corrected chi connectivity index (χ3v) is 4.78. The molecular weight excluding hydrogens is 300 g/mol. The third-order valence-electron chi connectivity index (χ3n) is 4.78. The van der Waals surface area contributed by atoms with E-state index in [4.69, 9.17) is 10.7 Å². The molecule has 0 spiro atoms. The molecule has 2 N–H and O–H groups in total. The number of piperidine rings is 1. The van der Waals surface area contributed by atoms with Crippen molar-refractivity contribution in [3.8, 4) is 0 Å². The standard InChI is InChI=1S/C19H28N4O/c1-13(2)23-17-9-5-4-8-16(17)21-19(23)15-7-6-10-22(12-15)18(24)11-14(3)20/h4-5,8-9,13-15H,6-7,10-12,20H2,1-3H3. The monoisotopic (exact) mass is 328 g/mol. The van der Waals surface area contributed by atoms with Gasteiger partial charge in [0.25, 0.3) is 0 Å². The van der Waals surface area contributed by atoms with Crippen molar-refractivity contribution in [3.05, 3.63) is 30.1 Å². The number of nitrogens with zero attached hydrogens (tertiary/aromatic N) is 3. The fourth-order valence-corrected chi connectivity index (χ4v) is 3.71. The number of nitrogens with two attached hydrogens (primary N) is 1. The van der Waals surface area contributed by atoms with Crippen LogP contribution < -0.4 is 5.73 Å². The van der Waals surface area contributed by atoms with Crippen LogP contribution in [0, 0.1) is 0 Å². The minimum Gasteiger partial charge on any atom is -0.342 e. The van der Waals surface area contributed by atoms with Crippen LogP contribution in [-0.4, -0.2) is 39.5 Å². The van der Waals surface area contributed by atoms with Gasteiger partial charge in [0, 0.05) is 37.5 Å². The molecule has 130 valence electrons. The first kappa shape index (κ1) is 17.0. The molecular formula is C19H28N4O. The van der Waals surface area contributed by atoms with Crippen molar-refractivity contribution < 1.29 is 4.79 Å². The highest BCUT2D eigenvalue weighted by atomic mass is 16.2. The Labute approximate surface area is 143 Å². The van der Waals surface area contributed by atoms with Gasteiger partial charge in [-0.25, -0.2) is 4.98 Å². The van der Waals surface area contributed by atoms with E-state index in [1.54, 1.807) is 0 Å². The average molecular weight is 328 g/mol. The lowest BCUT2D eigenvalue weighted by Gasteiger charge is -2.33. The predicted octanol–water partition coefficient (Wildman–Crippen LogP) is 3.06. The molecule has 2 aromatic rings. The number of fused-ring (bicyclic) bond motifs is 1. The van der Waals surface area contributed by atoms with Gasteiger partial charge in [-0.3, -0.25) is 4.79 Å². The maximum absolute atomic E-state index is 12.4. The smallest absolute Gasteiger partial charge is 0.224 e. The van der Waals surface area contributed by atoms with Gasteiger partial charge in [0.1, 0.15) is 5.82 Å². The molecule has 1 aliphatic heterocycles. The lowest BCUT2D eigenvalue weighted by Crippen LogP contribution is -2.41. The summed E-state index contributed by atoms with van der Waals surface area (Å²) in [5.41, 5.74) is 8.02. The van der Waals surface area contributed by atoms with Crippen LogP contribution in [0.2, 0.25) is 0 Å². The fraction of sp³-hybridized carbons (Fsp3) is 0.579. The molecule has 0 bridgehead atoms. The summed E-state index contributed by atoms with van der Waals surface area (Å²) < 4.78 is 2.33. The molecule has 0 aliphatic carbocycles. The Hall–Kier alpha value is -1.88. The molecule has 1 aliphatic rings. The zero-order chi connectivity index (χ0) is 17.3. The van der Waals surface area contributed by atoms with Crippen LogP contribution in [0.15, 0.2) is 24.3 Å². The largest absolute Gasteiger partial charge is 0.342 e. The first-order chi connectivity index (χ1) is 11.5. The number of amides is 1. The summed E-state index contributed by atoms with van der Waals surface area (Å²) in [4.78, 5) is 19.3. The number of imidazole rings is 1. The van der Waals surface area contributed by atoms with Gasteiger partial charge in [-0.1, -0.05) is 12.1 Å². The summed E-state index contributed by atoms with van der Waals surface area (Å²) in [5, 5.41) is 0. The van der Waals surface area contributed by atoms with E-state index in [1.807, 2.05) is 17.9 Å². The fourth-order valence-electron chi connectivity index (χ4n) is 3.71. The number of hydrogen-bond donors (Lipinski definition) is 1. The summed E-state index contributed by atoms with van der Waals surface area (Å²) in [7, 11) is 0. The number of carbonyl (C=O) groups excluding carboxylic acids is 1. The first-order valence-electron chi connectivity index (χ1n) is 8.97. The van der Waals surface area contributed by atoms with Gasteiger partial charge >= 0.3 is 0 Å². The van der Waals surface area contributed by atoms with E-state index in [0.717, 1.165) is 37.3 Å². The Morgan fingerprint density at radius 3 is 2.79 bits per heavy atom. The Morgan fingerprint density at radius 2 is 2.08 bits per heavy atom. The SMILES string of the molecule is CC(N)CC(=O)N1CCCC(c2nc3ccccc3n2C(C)C)C1. The van der Waals surface area contributed by atoms with Crippen LogP contribution in [0.25, 0.3) is 11.0 Å². The Morgan fingerprint density at radius 1 is 1.33 bits per heavy atom. The number of hydrogen-bond acceptors (Lipinski definition) is 3. The van der Waals surface area contributed by atoms with E-state index in [1.165, 1.54) is 5.52 Å². The summed E-state index contributed by atoms with van der Waals surface area (Å²) in [5.74, 6) is 1.58. The summed E-state index contributed by atoms with van der Waals surface area (Å²) in [6.07, 6.45) is 2.53. The van der Waals surface area contributed by atoms with Crippen molar-refractivity contribution in [2.24, 2.45) is 5.73 Å². The third kappa shape index (κ3) is 3.31. The Bertz CT molecular complexity index is 719. The van der Waals surface area contributed by atoms with Crippen LogP contribution in [0.4, 0.5) is 0 Å². The lowest BCUT2D eigenvalue weighted by molar-refractivity contribution is -0.132. The van der Waals surface area contributed by atoms with Crippen molar-refractivity contribution in [3.63, 3.8) is 0 Å². The molecule has 5 nitrogen and oxygen atoms in total. The maximum atomic E-state index is 12.4. The van der Waals surface area contributed by atoms with E-state index in [9.17, 15) is 4.79 Å². The van der Waals surface area contributed by atoms with Gasteiger partial charge in [-0.15, -0.1) is 0 Å². The van der Waals surface area contributed by atoms with Gasteiger partial charge in [-0.05, 0) is 45.7 Å². The molecule has 2 atom stereocenters. The van der Waals surface area contributed by atoms with Crippen LogP contribution in [0.5, 0.6) is 0 Å². The molecule has 1 saturated heterocycles. The molecule has 2 unspecified atom stereocenters. The second kappa shape index (κ2) is 6.93. The van der Waals surface area contributed by atoms with Crippen LogP contribution in [0.3, 0.4) is 0 Å². The number of carbonyl (C=O) groups is 1. The van der Waals surface area contributed by atoms with Crippen LogP contribution in [-0.2, 0) is 4.79 Å². The second-order valence-corrected chi connectivity index (χ2v) is 7.28. The first-order valence-corrected chi connectivity index (χ1v) is 8.97. The van der Waals surface area contributed by atoms with E-state index in [-0.39, 0.29) is 11.9 Å². The van der Waals surface area contributed by atoms with Crippen LogP contribution >= 0.6 is 0 Å². The van der Waals surface area contributed by atoms with Crippen LogP contribution in [0.1, 0.15) is 57.8 Å². The average Bonchev–Trinajstić information content (AvgIpc) is 2.94. The summed E-state index contributed by atoms with van der Waals surface area (Å²) in [6.45, 7) is 7.86. The molecule has 1 aromatic carbocycles. The number of para-hydroxylation sites is 2. The number of benzene rings is 1. The van der Waals surface area contributed by atoms with Crippen molar-refractivity contribution in [1.29, 1.82) is 0 Å². The second-order valence-electron chi connectivity index (χ2n) is 7.28.